The fourth-order valence-corrected chi connectivity index (χ4v) is 3.89. The highest BCUT2D eigenvalue weighted by Gasteiger charge is 2.18. The van der Waals surface area contributed by atoms with Crippen LogP contribution in [0.5, 0.6) is 0 Å². The van der Waals surface area contributed by atoms with Gasteiger partial charge < -0.3 is 15.2 Å². The number of H-pyrrole nitrogens is 1. The number of thioether (sulfide) groups is 1. The standard InChI is InChI=1S/C21H24FN5S/c1-27-11-8-17(9-12-27)24-18-13-15(7-10-23-18)20-19(25-21(26-20)28-2)14-3-5-16(22)6-4-14/h3-7,10,13,17H,8-9,11-12H2,1-2H3,(H,23,24)(H,25,26). The number of anilines is 1. The smallest absolute Gasteiger partial charge is 0.166 e. The van der Waals surface area contributed by atoms with E-state index in [1.54, 1.807) is 23.9 Å². The summed E-state index contributed by atoms with van der Waals surface area (Å²) in [4.78, 5) is 15.0. The molecule has 146 valence electrons. The van der Waals surface area contributed by atoms with Crippen molar-refractivity contribution in [2.45, 2.75) is 24.0 Å². The van der Waals surface area contributed by atoms with Crippen LogP contribution in [-0.2, 0) is 0 Å². The van der Waals surface area contributed by atoms with Crippen molar-refractivity contribution in [3.05, 3.63) is 48.4 Å². The van der Waals surface area contributed by atoms with Gasteiger partial charge in [-0.1, -0.05) is 11.8 Å². The second-order valence-electron chi connectivity index (χ2n) is 7.13. The Balaban J connectivity index is 1.63. The fraction of sp³-hybridized carbons (Fsp3) is 0.333. The van der Waals surface area contributed by atoms with Gasteiger partial charge in [0.25, 0.3) is 0 Å². The van der Waals surface area contributed by atoms with E-state index in [-0.39, 0.29) is 5.82 Å². The lowest BCUT2D eigenvalue weighted by Gasteiger charge is -2.29. The Morgan fingerprint density at radius 3 is 2.61 bits per heavy atom. The van der Waals surface area contributed by atoms with Crippen LogP contribution in [0.25, 0.3) is 22.5 Å². The third kappa shape index (κ3) is 4.20. The number of pyridine rings is 1. The van der Waals surface area contributed by atoms with E-state index < -0.39 is 0 Å². The Hall–Kier alpha value is -2.38. The second-order valence-corrected chi connectivity index (χ2v) is 7.92. The summed E-state index contributed by atoms with van der Waals surface area (Å²) in [6.07, 6.45) is 6.02. The highest BCUT2D eigenvalue weighted by molar-refractivity contribution is 7.98. The normalized spacial score (nSPS) is 15.7. The maximum atomic E-state index is 13.3. The third-order valence-corrected chi connectivity index (χ3v) is 5.69. The molecule has 1 saturated heterocycles. The van der Waals surface area contributed by atoms with Gasteiger partial charge in [-0.05, 0) is 75.6 Å². The zero-order valence-corrected chi connectivity index (χ0v) is 16.9. The molecule has 28 heavy (non-hydrogen) atoms. The van der Waals surface area contributed by atoms with Gasteiger partial charge in [0.2, 0.25) is 0 Å². The summed E-state index contributed by atoms with van der Waals surface area (Å²) in [7, 11) is 2.16. The largest absolute Gasteiger partial charge is 0.367 e. The van der Waals surface area contributed by atoms with E-state index in [9.17, 15) is 4.39 Å². The van der Waals surface area contributed by atoms with Crippen LogP contribution in [0, 0.1) is 5.82 Å². The maximum absolute atomic E-state index is 13.3. The minimum atomic E-state index is -0.247. The molecule has 0 atom stereocenters. The van der Waals surface area contributed by atoms with Gasteiger partial charge in [0.05, 0.1) is 11.4 Å². The first kappa shape index (κ1) is 19.0. The predicted octanol–water partition coefficient (Wildman–Crippen LogP) is 4.51. The summed E-state index contributed by atoms with van der Waals surface area (Å²) in [6, 6.07) is 10.9. The number of benzene rings is 1. The highest BCUT2D eigenvalue weighted by atomic mass is 32.2. The molecular weight excluding hydrogens is 373 g/mol. The minimum Gasteiger partial charge on any atom is -0.367 e. The van der Waals surface area contributed by atoms with E-state index in [0.717, 1.165) is 59.4 Å². The van der Waals surface area contributed by atoms with E-state index in [4.69, 9.17) is 4.98 Å². The summed E-state index contributed by atoms with van der Waals surface area (Å²) in [6.45, 7) is 2.20. The Labute approximate surface area is 168 Å². The molecule has 2 N–H and O–H groups in total. The number of aromatic nitrogens is 3. The molecule has 0 spiro atoms. The molecule has 0 saturated carbocycles. The molecule has 3 aromatic rings. The van der Waals surface area contributed by atoms with E-state index >= 15 is 0 Å². The number of nitrogens with one attached hydrogen (secondary N) is 2. The van der Waals surface area contributed by atoms with Crippen molar-refractivity contribution >= 4 is 17.6 Å². The fourth-order valence-electron chi connectivity index (χ4n) is 3.50. The average molecular weight is 398 g/mol. The van der Waals surface area contributed by atoms with Gasteiger partial charge in [-0.2, -0.15) is 0 Å². The van der Waals surface area contributed by atoms with Gasteiger partial charge in [-0.15, -0.1) is 0 Å². The zero-order chi connectivity index (χ0) is 19.5. The molecule has 0 aliphatic carbocycles. The molecule has 1 fully saturated rings. The Bertz CT molecular complexity index is 932. The zero-order valence-electron chi connectivity index (χ0n) is 16.1. The third-order valence-electron chi connectivity index (χ3n) is 5.11. The molecule has 1 aliphatic heterocycles. The summed E-state index contributed by atoms with van der Waals surface area (Å²) in [5.74, 6) is 0.620. The topological polar surface area (TPSA) is 56.8 Å². The number of hydrogen-bond donors (Lipinski definition) is 2. The van der Waals surface area contributed by atoms with Gasteiger partial charge in [0, 0.05) is 23.4 Å². The van der Waals surface area contributed by atoms with E-state index in [1.807, 2.05) is 24.6 Å². The molecular formula is C21H24FN5S. The molecule has 1 aromatic carbocycles. The molecule has 1 aliphatic rings. The molecule has 0 unspecified atom stereocenters. The lowest BCUT2D eigenvalue weighted by atomic mass is 10.0. The van der Waals surface area contributed by atoms with Gasteiger partial charge in [-0.3, -0.25) is 0 Å². The predicted molar refractivity (Wildman–Crippen MR) is 113 cm³/mol. The summed E-state index contributed by atoms with van der Waals surface area (Å²) in [5, 5.41) is 4.40. The monoisotopic (exact) mass is 397 g/mol. The van der Waals surface area contributed by atoms with Crippen molar-refractivity contribution in [1.29, 1.82) is 0 Å². The van der Waals surface area contributed by atoms with E-state index in [2.05, 4.69) is 27.2 Å². The van der Waals surface area contributed by atoms with Crippen molar-refractivity contribution in [2.24, 2.45) is 0 Å². The molecule has 0 amide bonds. The van der Waals surface area contributed by atoms with Crippen molar-refractivity contribution in [1.82, 2.24) is 19.9 Å². The van der Waals surface area contributed by atoms with Crippen LogP contribution in [0.3, 0.4) is 0 Å². The quantitative estimate of drug-likeness (QED) is 0.621. The van der Waals surface area contributed by atoms with Crippen LogP contribution in [0.15, 0.2) is 47.8 Å². The number of nitrogens with zero attached hydrogens (tertiary/aromatic N) is 3. The van der Waals surface area contributed by atoms with Gasteiger partial charge in [0.1, 0.15) is 11.6 Å². The second kappa shape index (κ2) is 8.32. The van der Waals surface area contributed by atoms with Gasteiger partial charge >= 0.3 is 0 Å². The number of halogens is 1. The van der Waals surface area contributed by atoms with Crippen molar-refractivity contribution in [3.63, 3.8) is 0 Å². The number of rotatable bonds is 5. The van der Waals surface area contributed by atoms with Crippen LogP contribution in [0.1, 0.15) is 12.8 Å². The molecule has 3 heterocycles. The number of piperidine rings is 1. The van der Waals surface area contributed by atoms with E-state index in [0.29, 0.717) is 6.04 Å². The van der Waals surface area contributed by atoms with Crippen LogP contribution in [-0.4, -0.2) is 52.3 Å². The van der Waals surface area contributed by atoms with E-state index in [1.165, 1.54) is 12.1 Å². The van der Waals surface area contributed by atoms with Gasteiger partial charge in [0.15, 0.2) is 5.16 Å². The first-order chi connectivity index (χ1) is 13.6. The van der Waals surface area contributed by atoms with Crippen molar-refractivity contribution in [2.75, 3.05) is 31.7 Å². The number of aromatic amines is 1. The minimum absolute atomic E-state index is 0.247. The van der Waals surface area contributed by atoms with Crippen LogP contribution >= 0.6 is 11.8 Å². The van der Waals surface area contributed by atoms with Crippen LogP contribution in [0.4, 0.5) is 10.2 Å². The Morgan fingerprint density at radius 2 is 1.89 bits per heavy atom. The SMILES string of the molecule is CSc1nc(-c2ccnc(NC3CCN(C)CC3)c2)c(-c2ccc(F)cc2)[nH]1. The van der Waals surface area contributed by atoms with Crippen LogP contribution in [0.2, 0.25) is 0 Å². The lowest BCUT2D eigenvalue weighted by molar-refractivity contribution is 0.263. The highest BCUT2D eigenvalue weighted by Crippen LogP contribution is 2.33. The first-order valence-electron chi connectivity index (χ1n) is 9.44. The Morgan fingerprint density at radius 1 is 1.14 bits per heavy atom. The van der Waals surface area contributed by atoms with Crippen molar-refractivity contribution < 1.29 is 4.39 Å². The summed E-state index contributed by atoms with van der Waals surface area (Å²) in [5.41, 5.74) is 3.64. The molecule has 2 aromatic heterocycles. The first-order valence-corrected chi connectivity index (χ1v) is 10.7. The summed E-state index contributed by atoms with van der Waals surface area (Å²) >= 11 is 1.55. The number of hydrogen-bond acceptors (Lipinski definition) is 5. The molecule has 0 bridgehead atoms. The molecule has 0 radical (unpaired) electrons. The molecule has 7 heteroatoms. The maximum Gasteiger partial charge on any atom is 0.166 e. The lowest BCUT2D eigenvalue weighted by Crippen LogP contribution is -2.36. The average Bonchev–Trinajstić information content (AvgIpc) is 3.15. The Kier molecular flexibility index (Phi) is 5.64. The number of likely N-dealkylation sites (tertiary alicyclic amines) is 1. The van der Waals surface area contributed by atoms with Gasteiger partial charge in [-0.25, -0.2) is 14.4 Å². The van der Waals surface area contributed by atoms with Crippen molar-refractivity contribution in [3.8, 4) is 22.5 Å². The molecule has 5 nitrogen and oxygen atoms in total. The number of imidazole rings is 1. The summed E-state index contributed by atoms with van der Waals surface area (Å²) < 4.78 is 13.3. The molecule has 4 rings (SSSR count). The van der Waals surface area contributed by atoms with Crippen LogP contribution < -0.4 is 5.32 Å².